The lowest BCUT2D eigenvalue weighted by Gasteiger charge is -2.60. The highest BCUT2D eigenvalue weighted by Gasteiger charge is 2.54. The first-order chi connectivity index (χ1) is 13.0. The fourth-order valence-corrected chi connectivity index (χ4v) is 5.46. The molecule has 0 N–H and O–H groups in total. The second-order valence-corrected chi connectivity index (χ2v) is 9.33. The number of unbranched alkanes of at least 4 members (excludes halogenated alkanes) is 2. The molecule has 0 amide bonds. The quantitative estimate of drug-likeness (QED) is 0.422. The Bertz CT molecular complexity index is 620. The molecule has 0 heterocycles. The first-order valence-electron chi connectivity index (χ1n) is 10.8. The Labute approximate surface area is 165 Å². The number of methoxy groups -OCH3 is 1. The summed E-state index contributed by atoms with van der Waals surface area (Å²) in [6.07, 6.45) is 8.13. The van der Waals surface area contributed by atoms with Gasteiger partial charge in [0.15, 0.2) is 0 Å². The van der Waals surface area contributed by atoms with Crippen LogP contribution in [0.15, 0.2) is 24.3 Å². The SMILES string of the molecule is CCCCCN(Cc1ccc(C(=O)OC)cc1)CC1CCC2CC1C2(C)C. The molecule has 1 aromatic rings. The van der Waals surface area contributed by atoms with Gasteiger partial charge in [0.05, 0.1) is 12.7 Å². The lowest BCUT2D eigenvalue weighted by Crippen LogP contribution is -2.54. The number of rotatable bonds is 9. The Morgan fingerprint density at radius 1 is 1.19 bits per heavy atom. The molecule has 1 aromatic carbocycles. The van der Waals surface area contributed by atoms with Gasteiger partial charge in [-0.3, -0.25) is 4.90 Å². The number of carbonyl (C=O) groups is 1. The lowest BCUT2D eigenvalue weighted by atomic mass is 9.45. The molecule has 3 aliphatic rings. The minimum Gasteiger partial charge on any atom is -0.465 e. The van der Waals surface area contributed by atoms with Crippen LogP contribution in [0.5, 0.6) is 0 Å². The summed E-state index contributed by atoms with van der Waals surface area (Å²) in [5.74, 6) is 2.47. The smallest absolute Gasteiger partial charge is 0.337 e. The summed E-state index contributed by atoms with van der Waals surface area (Å²) in [6.45, 7) is 10.6. The van der Waals surface area contributed by atoms with Gasteiger partial charge in [-0.1, -0.05) is 45.7 Å². The summed E-state index contributed by atoms with van der Waals surface area (Å²) < 4.78 is 4.81. The lowest BCUT2D eigenvalue weighted by molar-refractivity contribution is -0.112. The van der Waals surface area contributed by atoms with Crippen molar-refractivity contribution >= 4 is 5.97 Å². The first-order valence-corrected chi connectivity index (χ1v) is 10.8. The van der Waals surface area contributed by atoms with Crippen molar-refractivity contribution in [3.8, 4) is 0 Å². The van der Waals surface area contributed by atoms with Gasteiger partial charge in [0.2, 0.25) is 0 Å². The van der Waals surface area contributed by atoms with E-state index in [1.54, 1.807) is 0 Å². The summed E-state index contributed by atoms with van der Waals surface area (Å²) in [7, 11) is 1.43. The van der Waals surface area contributed by atoms with Crippen LogP contribution in [0.25, 0.3) is 0 Å². The van der Waals surface area contributed by atoms with Gasteiger partial charge in [-0.2, -0.15) is 0 Å². The van der Waals surface area contributed by atoms with Gasteiger partial charge in [-0.05, 0) is 73.1 Å². The van der Waals surface area contributed by atoms with E-state index in [9.17, 15) is 4.79 Å². The van der Waals surface area contributed by atoms with Gasteiger partial charge < -0.3 is 4.74 Å². The normalized spacial score (nSPS) is 25.9. The van der Waals surface area contributed by atoms with Crippen molar-refractivity contribution in [2.45, 2.75) is 65.8 Å². The Morgan fingerprint density at radius 2 is 1.93 bits per heavy atom. The fourth-order valence-electron chi connectivity index (χ4n) is 5.46. The molecule has 3 aliphatic carbocycles. The van der Waals surface area contributed by atoms with E-state index in [-0.39, 0.29) is 5.97 Å². The van der Waals surface area contributed by atoms with E-state index in [2.05, 4.69) is 37.8 Å². The second-order valence-electron chi connectivity index (χ2n) is 9.33. The van der Waals surface area contributed by atoms with Crippen molar-refractivity contribution in [3.63, 3.8) is 0 Å². The Kier molecular flexibility index (Phi) is 6.62. The zero-order chi connectivity index (χ0) is 19.4. The average molecular weight is 372 g/mol. The minimum atomic E-state index is -0.259. The minimum absolute atomic E-state index is 0.259. The monoisotopic (exact) mass is 371 g/mol. The molecule has 0 radical (unpaired) electrons. The predicted octanol–water partition coefficient (Wildman–Crippen LogP) is 5.54. The Balaban J connectivity index is 1.63. The molecular weight excluding hydrogens is 334 g/mol. The summed E-state index contributed by atoms with van der Waals surface area (Å²) in [6, 6.07) is 7.96. The average Bonchev–Trinajstić information content (AvgIpc) is 2.68. The van der Waals surface area contributed by atoms with Gasteiger partial charge in [0, 0.05) is 13.1 Å². The molecule has 0 aliphatic heterocycles. The fraction of sp³-hybridized carbons (Fsp3) is 0.708. The van der Waals surface area contributed by atoms with Gasteiger partial charge in [0.25, 0.3) is 0 Å². The van der Waals surface area contributed by atoms with Crippen LogP contribution in [0.4, 0.5) is 0 Å². The molecule has 0 aromatic heterocycles. The summed E-state index contributed by atoms with van der Waals surface area (Å²) in [5.41, 5.74) is 2.48. The van der Waals surface area contributed by atoms with E-state index in [0.717, 1.165) is 24.3 Å². The van der Waals surface area contributed by atoms with Gasteiger partial charge in [-0.15, -0.1) is 0 Å². The van der Waals surface area contributed by atoms with Crippen LogP contribution >= 0.6 is 0 Å². The zero-order valence-corrected chi connectivity index (χ0v) is 17.7. The molecule has 3 saturated carbocycles. The largest absolute Gasteiger partial charge is 0.465 e. The third-order valence-electron chi connectivity index (χ3n) is 7.35. The van der Waals surface area contributed by atoms with Crippen LogP contribution in [0.3, 0.4) is 0 Å². The summed E-state index contributed by atoms with van der Waals surface area (Å²) >= 11 is 0. The molecule has 4 rings (SSSR count). The first kappa shape index (κ1) is 20.4. The highest BCUT2D eigenvalue weighted by Crippen LogP contribution is 2.61. The van der Waals surface area contributed by atoms with E-state index >= 15 is 0 Å². The molecule has 150 valence electrons. The van der Waals surface area contributed by atoms with Crippen molar-refractivity contribution in [1.29, 1.82) is 0 Å². The van der Waals surface area contributed by atoms with E-state index in [4.69, 9.17) is 4.74 Å². The number of ether oxygens (including phenoxy) is 1. The molecule has 2 bridgehead atoms. The van der Waals surface area contributed by atoms with E-state index in [0.29, 0.717) is 11.0 Å². The summed E-state index contributed by atoms with van der Waals surface area (Å²) in [5, 5.41) is 0. The molecule has 3 unspecified atom stereocenters. The molecule has 3 fully saturated rings. The van der Waals surface area contributed by atoms with Crippen molar-refractivity contribution < 1.29 is 9.53 Å². The molecule has 3 heteroatoms. The third kappa shape index (κ3) is 4.56. The van der Waals surface area contributed by atoms with Crippen LogP contribution in [-0.4, -0.2) is 31.1 Å². The number of benzene rings is 1. The maximum atomic E-state index is 11.7. The molecule has 0 spiro atoms. The van der Waals surface area contributed by atoms with Crippen molar-refractivity contribution in [1.82, 2.24) is 4.90 Å². The highest BCUT2D eigenvalue weighted by atomic mass is 16.5. The Hall–Kier alpha value is -1.35. The topological polar surface area (TPSA) is 29.5 Å². The maximum absolute atomic E-state index is 11.7. The van der Waals surface area contributed by atoms with Gasteiger partial charge in [-0.25, -0.2) is 4.79 Å². The molecular formula is C24H37NO2. The number of fused-ring (bicyclic) bond motifs is 2. The number of nitrogens with zero attached hydrogens (tertiary/aromatic N) is 1. The van der Waals surface area contributed by atoms with Crippen LogP contribution < -0.4 is 0 Å². The summed E-state index contributed by atoms with van der Waals surface area (Å²) in [4.78, 5) is 14.3. The standard InChI is InChI=1S/C24H37NO2/c1-5-6-7-14-25(16-18-8-10-19(11-9-18)23(26)27-4)17-20-12-13-21-15-22(20)24(21,2)3/h8-11,20-22H,5-7,12-17H2,1-4H3. The highest BCUT2D eigenvalue weighted by molar-refractivity contribution is 5.89. The van der Waals surface area contributed by atoms with Crippen LogP contribution in [0, 0.1) is 23.2 Å². The number of hydrogen-bond donors (Lipinski definition) is 0. The number of hydrogen-bond acceptors (Lipinski definition) is 3. The van der Waals surface area contributed by atoms with Crippen LogP contribution in [0.1, 0.15) is 75.2 Å². The molecule has 3 nitrogen and oxygen atoms in total. The van der Waals surface area contributed by atoms with E-state index in [1.807, 2.05) is 12.1 Å². The van der Waals surface area contributed by atoms with Gasteiger partial charge >= 0.3 is 5.97 Å². The second kappa shape index (κ2) is 8.77. The number of esters is 1. The maximum Gasteiger partial charge on any atom is 0.337 e. The molecule has 0 saturated heterocycles. The van der Waals surface area contributed by atoms with Crippen molar-refractivity contribution in [2.75, 3.05) is 20.2 Å². The van der Waals surface area contributed by atoms with E-state index < -0.39 is 0 Å². The Morgan fingerprint density at radius 3 is 2.52 bits per heavy atom. The zero-order valence-electron chi connectivity index (χ0n) is 17.7. The van der Waals surface area contributed by atoms with Crippen molar-refractivity contribution in [3.05, 3.63) is 35.4 Å². The van der Waals surface area contributed by atoms with E-state index in [1.165, 1.54) is 64.3 Å². The third-order valence-corrected chi connectivity index (χ3v) is 7.35. The number of carbonyl (C=O) groups excluding carboxylic acids is 1. The van der Waals surface area contributed by atoms with Crippen LogP contribution in [-0.2, 0) is 11.3 Å². The van der Waals surface area contributed by atoms with Crippen molar-refractivity contribution in [2.24, 2.45) is 23.2 Å². The molecule has 27 heavy (non-hydrogen) atoms. The van der Waals surface area contributed by atoms with Crippen LogP contribution in [0.2, 0.25) is 0 Å². The predicted molar refractivity (Wildman–Crippen MR) is 111 cm³/mol. The molecule has 3 atom stereocenters. The van der Waals surface area contributed by atoms with Gasteiger partial charge in [0.1, 0.15) is 0 Å².